The molecule has 4 rings (SSSR count). The molecule has 2 atom stereocenters. The molecule has 1 aliphatic heterocycles. The molecule has 1 fully saturated rings. The van der Waals surface area contributed by atoms with E-state index < -0.39 is 0 Å². The molecule has 0 saturated carbocycles. The van der Waals surface area contributed by atoms with Crippen LogP contribution in [-0.4, -0.2) is 49.2 Å². The maximum atomic E-state index is 12.2. The number of benzene rings is 2. The smallest absolute Gasteiger partial charge is 0.410 e. The molecule has 1 amide bonds. The molecule has 0 bridgehead atoms. The van der Waals surface area contributed by atoms with Crippen LogP contribution < -0.4 is 0 Å². The number of aryl methyl sites for hydroxylation is 1. The van der Waals surface area contributed by atoms with E-state index in [1.807, 2.05) is 23.1 Å². The lowest BCUT2D eigenvalue weighted by Gasteiger charge is -2.41. The summed E-state index contributed by atoms with van der Waals surface area (Å²) in [7, 11) is 1.47. The minimum Gasteiger partial charge on any atom is -0.453 e. The van der Waals surface area contributed by atoms with Crippen LogP contribution >= 0.6 is 12.4 Å². The van der Waals surface area contributed by atoms with Crippen molar-refractivity contribution in [2.24, 2.45) is 0 Å². The summed E-state index contributed by atoms with van der Waals surface area (Å²) in [6, 6.07) is 19.3. The molecule has 2 unspecified atom stereocenters. The van der Waals surface area contributed by atoms with Crippen molar-refractivity contribution < 1.29 is 9.53 Å². The number of carbonyl (C=O) groups excluding carboxylic acids is 1. The van der Waals surface area contributed by atoms with Crippen molar-refractivity contribution >= 4 is 18.5 Å². The number of amides is 1. The highest BCUT2D eigenvalue weighted by molar-refractivity contribution is 5.85. The van der Waals surface area contributed by atoms with Crippen LogP contribution in [0.25, 0.3) is 0 Å². The number of rotatable bonds is 4. The second-order valence-corrected chi connectivity index (χ2v) is 7.61. The first-order valence-corrected chi connectivity index (χ1v) is 9.96. The van der Waals surface area contributed by atoms with Crippen molar-refractivity contribution in [1.82, 2.24) is 9.80 Å². The maximum Gasteiger partial charge on any atom is 0.410 e. The fraction of sp³-hybridized carbons (Fsp3) is 0.435. The third kappa shape index (κ3) is 4.34. The number of halogens is 1. The van der Waals surface area contributed by atoms with Crippen LogP contribution in [0.1, 0.15) is 41.5 Å². The number of ether oxygens (including phenoxy) is 1. The lowest BCUT2D eigenvalue weighted by molar-refractivity contribution is 0.0556. The van der Waals surface area contributed by atoms with Crippen LogP contribution in [-0.2, 0) is 11.2 Å². The van der Waals surface area contributed by atoms with Crippen LogP contribution in [0.15, 0.2) is 54.6 Å². The molecule has 2 aliphatic rings. The van der Waals surface area contributed by atoms with Gasteiger partial charge in [0.25, 0.3) is 0 Å². The molecular formula is C23H29ClN2O2. The van der Waals surface area contributed by atoms with Gasteiger partial charge >= 0.3 is 6.09 Å². The molecule has 28 heavy (non-hydrogen) atoms. The minimum absolute atomic E-state index is 0. The monoisotopic (exact) mass is 400 g/mol. The molecule has 4 nitrogen and oxygen atoms in total. The molecule has 2 aromatic carbocycles. The Morgan fingerprint density at radius 3 is 2.61 bits per heavy atom. The Labute approximate surface area is 173 Å². The van der Waals surface area contributed by atoms with Crippen molar-refractivity contribution in [2.45, 2.75) is 31.2 Å². The van der Waals surface area contributed by atoms with Crippen molar-refractivity contribution in [1.29, 1.82) is 0 Å². The molecule has 1 saturated heterocycles. The fourth-order valence-corrected chi connectivity index (χ4v) is 4.62. The largest absolute Gasteiger partial charge is 0.453 e. The summed E-state index contributed by atoms with van der Waals surface area (Å²) < 4.78 is 5.03. The fourth-order valence-electron chi connectivity index (χ4n) is 4.62. The van der Waals surface area contributed by atoms with Gasteiger partial charge in [0.15, 0.2) is 0 Å². The first-order chi connectivity index (χ1) is 13.3. The van der Waals surface area contributed by atoms with Gasteiger partial charge < -0.3 is 4.74 Å². The molecule has 1 aliphatic carbocycles. The highest BCUT2D eigenvalue weighted by Crippen LogP contribution is 2.36. The van der Waals surface area contributed by atoms with E-state index in [2.05, 4.69) is 41.3 Å². The molecule has 0 radical (unpaired) electrons. The molecular weight excluding hydrogens is 372 g/mol. The SMILES string of the molecule is COC(=O)N1CCN(CCC2CCc3ccccc32)CC1c1ccccc1.Cl. The highest BCUT2D eigenvalue weighted by atomic mass is 35.5. The first kappa shape index (κ1) is 20.7. The average molecular weight is 401 g/mol. The molecule has 150 valence electrons. The standard InChI is InChI=1S/C23H28N2O2.ClH/c1-27-23(26)25-16-15-24(17-22(25)20-8-3-2-4-9-20)14-13-19-12-11-18-7-5-6-10-21(18)19;/h2-10,19,22H,11-17H2,1H3;1H. The quantitative estimate of drug-likeness (QED) is 0.748. The zero-order chi connectivity index (χ0) is 18.6. The summed E-state index contributed by atoms with van der Waals surface area (Å²) in [5.74, 6) is 0.676. The second kappa shape index (κ2) is 9.44. The molecule has 1 heterocycles. The molecule has 0 aromatic heterocycles. The van der Waals surface area contributed by atoms with Crippen LogP contribution in [0, 0.1) is 0 Å². The van der Waals surface area contributed by atoms with Gasteiger partial charge in [-0.1, -0.05) is 54.6 Å². The third-order valence-electron chi connectivity index (χ3n) is 6.11. The van der Waals surface area contributed by atoms with Crippen LogP contribution in [0.3, 0.4) is 0 Å². The van der Waals surface area contributed by atoms with Gasteiger partial charge in [-0.25, -0.2) is 4.79 Å². The predicted octanol–water partition coefficient (Wildman–Crippen LogP) is 4.65. The zero-order valence-electron chi connectivity index (χ0n) is 16.4. The van der Waals surface area contributed by atoms with Crippen molar-refractivity contribution in [3.05, 3.63) is 71.3 Å². The highest BCUT2D eigenvalue weighted by Gasteiger charge is 2.32. The first-order valence-electron chi connectivity index (χ1n) is 9.96. The summed E-state index contributed by atoms with van der Waals surface area (Å²) >= 11 is 0. The van der Waals surface area contributed by atoms with Gasteiger partial charge in [0, 0.05) is 19.6 Å². The number of fused-ring (bicyclic) bond motifs is 1. The Morgan fingerprint density at radius 1 is 1.07 bits per heavy atom. The third-order valence-corrected chi connectivity index (χ3v) is 6.11. The number of hydrogen-bond donors (Lipinski definition) is 0. The van der Waals surface area contributed by atoms with Gasteiger partial charge in [-0.3, -0.25) is 9.80 Å². The van der Waals surface area contributed by atoms with Crippen molar-refractivity contribution in [3.8, 4) is 0 Å². The Balaban J connectivity index is 0.00000225. The predicted molar refractivity (Wildman–Crippen MR) is 114 cm³/mol. The molecule has 5 heteroatoms. The Hall–Kier alpha value is -2.04. The van der Waals surface area contributed by atoms with Gasteiger partial charge in [0.05, 0.1) is 13.2 Å². The van der Waals surface area contributed by atoms with Crippen LogP contribution in [0.5, 0.6) is 0 Å². The normalized spacial score (nSPS) is 21.7. The molecule has 0 N–H and O–H groups in total. The van der Waals surface area contributed by atoms with Gasteiger partial charge in [-0.2, -0.15) is 0 Å². The zero-order valence-corrected chi connectivity index (χ0v) is 17.2. The molecule has 0 spiro atoms. The Bertz CT molecular complexity index is 783. The lowest BCUT2D eigenvalue weighted by atomic mass is 9.97. The Kier molecular flexibility index (Phi) is 6.97. The van der Waals surface area contributed by atoms with E-state index in [1.54, 1.807) is 5.56 Å². The number of carbonyl (C=O) groups is 1. The van der Waals surface area contributed by atoms with Crippen LogP contribution in [0.2, 0.25) is 0 Å². The summed E-state index contributed by atoms with van der Waals surface area (Å²) in [4.78, 5) is 16.6. The van der Waals surface area contributed by atoms with E-state index >= 15 is 0 Å². The number of hydrogen-bond acceptors (Lipinski definition) is 3. The van der Waals surface area contributed by atoms with Crippen molar-refractivity contribution in [2.75, 3.05) is 33.3 Å². The van der Waals surface area contributed by atoms with E-state index in [0.29, 0.717) is 12.5 Å². The number of methoxy groups -OCH3 is 1. The number of nitrogens with zero attached hydrogens (tertiary/aromatic N) is 2. The van der Waals surface area contributed by atoms with Crippen LogP contribution in [0.4, 0.5) is 4.79 Å². The number of piperazine rings is 1. The molecule has 2 aromatic rings. The van der Waals surface area contributed by atoms with E-state index in [1.165, 1.54) is 37.5 Å². The topological polar surface area (TPSA) is 32.8 Å². The summed E-state index contributed by atoms with van der Waals surface area (Å²) in [6.45, 7) is 3.57. The van der Waals surface area contributed by atoms with Gasteiger partial charge in [-0.15, -0.1) is 12.4 Å². The Morgan fingerprint density at radius 2 is 1.82 bits per heavy atom. The maximum absolute atomic E-state index is 12.2. The summed E-state index contributed by atoms with van der Waals surface area (Å²) in [5.41, 5.74) is 4.25. The average Bonchev–Trinajstić information content (AvgIpc) is 3.15. The second-order valence-electron chi connectivity index (χ2n) is 7.61. The summed E-state index contributed by atoms with van der Waals surface area (Å²) in [6.07, 6.45) is 3.44. The van der Waals surface area contributed by atoms with E-state index in [-0.39, 0.29) is 24.5 Å². The van der Waals surface area contributed by atoms with Crippen molar-refractivity contribution in [3.63, 3.8) is 0 Å². The van der Waals surface area contributed by atoms with Gasteiger partial charge in [0.1, 0.15) is 0 Å². The lowest BCUT2D eigenvalue weighted by Crippen LogP contribution is -2.50. The summed E-state index contributed by atoms with van der Waals surface area (Å²) in [5, 5.41) is 0. The van der Waals surface area contributed by atoms with E-state index in [4.69, 9.17) is 4.74 Å². The minimum atomic E-state index is -0.228. The van der Waals surface area contributed by atoms with E-state index in [0.717, 1.165) is 19.6 Å². The van der Waals surface area contributed by atoms with Gasteiger partial charge in [-0.05, 0) is 48.4 Å². The van der Waals surface area contributed by atoms with E-state index in [9.17, 15) is 4.79 Å². The van der Waals surface area contributed by atoms with Gasteiger partial charge in [0.2, 0.25) is 0 Å².